The van der Waals surface area contributed by atoms with Crippen molar-refractivity contribution in [3.63, 3.8) is 0 Å². The lowest BCUT2D eigenvalue weighted by Gasteiger charge is -2.39. The highest BCUT2D eigenvalue weighted by Gasteiger charge is 2.73. The van der Waals surface area contributed by atoms with Gasteiger partial charge in [0.2, 0.25) is 5.91 Å². The molecule has 1 fully saturated rings. The largest absolute Gasteiger partial charge is 0.325 e. The molecule has 1 aromatic heterocycles. The standard InChI is InChI=1S/C25H26ClN3O/c1-14-11-18-19(12-15(14)2)29-21-20(28-18)24(5)9-10-25(21,23(24,3)4)22(30)27-17-8-6-7-16(26)13-17/h6-8,11-13H,9-10H2,1-5H3,(H,27,30). The lowest BCUT2D eigenvalue weighted by Crippen LogP contribution is -2.48. The Morgan fingerprint density at radius 1 is 0.967 bits per heavy atom. The van der Waals surface area contributed by atoms with Gasteiger partial charge in [-0.15, -0.1) is 0 Å². The number of nitrogens with one attached hydrogen (secondary N) is 1. The highest BCUT2D eigenvalue weighted by Crippen LogP contribution is 2.70. The normalized spacial score (nSPS) is 26.1. The maximum Gasteiger partial charge on any atom is 0.237 e. The second-order valence-corrected chi connectivity index (χ2v) is 10.1. The van der Waals surface area contributed by atoms with Gasteiger partial charge in [0.1, 0.15) is 0 Å². The van der Waals surface area contributed by atoms with Crippen molar-refractivity contribution in [2.24, 2.45) is 5.41 Å². The van der Waals surface area contributed by atoms with Gasteiger partial charge in [0.15, 0.2) is 0 Å². The molecule has 0 saturated heterocycles. The Bertz CT molecular complexity index is 1230. The average Bonchev–Trinajstić information content (AvgIpc) is 2.97. The smallest absolute Gasteiger partial charge is 0.237 e. The zero-order valence-corrected chi connectivity index (χ0v) is 18.8. The number of aryl methyl sites for hydroxylation is 2. The van der Waals surface area contributed by atoms with Crippen LogP contribution in [0.25, 0.3) is 11.0 Å². The SMILES string of the molecule is Cc1cc2nc3c(nc2cc1C)C1(C(=O)Nc2cccc(Cl)c2)CCC3(C)C1(C)C. The van der Waals surface area contributed by atoms with Gasteiger partial charge in [0.25, 0.3) is 0 Å². The number of hydrogen-bond acceptors (Lipinski definition) is 3. The molecule has 5 rings (SSSR count). The van der Waals surface area contributed by atoms with Crippen molar-refractivity contribution in [2.45, 2.75) is 58.3 Å². The van der Waals surface area contributed by atoms with Crippen LogP contribution in [0.2, 0.25) is 5.02 Å². The van der Waals surface area contributed by atoms with Crippen molar-refractivity contribution in [1.29, 1.82) is 0 Å². The molecule has 1 N–H and O–H groups in total. The molecule has 2 atom stereocenters. The van der Waals surface area contributed by atoms with Gasteiger partial charge in [0, 0.05) is 16.1 Å². The third kappa shape index (κ3) is 2.26. The van der Waals surface area contributed by atoms with Crippen LogP contribution in [0.1, 0.15) is 56.1 Å². The van der Waals surface area contributed by atoms with Crippen LogP contribution in [0.15, 0.2) is 36.4 Å². The van der Waals surface area contributed by atoms with Gasteiger partial charge in [-0.3, -0.25) is 4.79 Å². The van der Waals surface area contributed by atoms with E-state index in [0.29, 0.717) is 10.7 Å². The van der Waals surface area contributed by atoms with Gasteiger partial charge in [-0.05, 0) is 73.6 Å². The Hall–Kier alpha value is -2.46. The van der Waals surface area contributed by atoms with Crippen molar-refractivity contribution < 1.29 is 4.79 Å². The minimum absolute atomic E-state index is 0.0188. The molecule has 0 aliphatic heterocycles. The lowest BCUT2D eigenvalue weighted by atomic mass is 9.63. The van der Waals surface area contributed by atoms with Gasteiger partial charge < -0.3 is 5.32 Å². The monoisotopic (exact) mass is 419 g/mol. The van der Waals surface area contributed by atoms with Gasteiger partial charge in [-0.1, -0.05) is 38.4 Å². The topological polar surface area (TPSA) is 54.9 Å². The average molecular weight is 420 g/mol. The quantitative estimate of drug-likeness (QED) is 0.565. The Morgan fingerprint density at radius 3 is 2.23 bits per heavy atom. The molecule has 2 unspecified atom stereocenters. The number of carbonyl (C=O) groups is 1. The van der Waals surface area contributed by atoms with E-state index >= 15 is 0 Å². The number of halogens is 1. The van der Waals surface area contributed by atoms with E-state index in [1.165, 1.54) is 11.1 Å². The summed E-state index contributed by atoms with van der Waals surface area (Å²) in [6.45, 7) is 10.8. The summed E-state index contributed by atoms with van der Waals surface area (Å²) in [7, 11) is 0. The van der Waals surface area contributed by atoms with Crippen LogP contribution in [0.4, 0.5) is 5.69 Å². The molecule has 154 valence electrons. The fourth-order valence-electron chi connectivity index (χ4n) is 5.67. The van der Waals surface area contributed by atoms with E-state index in [-0.39, 0.29) is 16.7 Å². The number of benzene rings is 2. The fraction of sp³-hybridized carbons (Fsp3) is 0.400. The van der Waals surface area contributed by atoms with E-state index in [1.54, 1.807) is 12.1 Å². The molecule has 2 aliphatic carbocycles. The molecule has 0 spiro atoms. The van der Waals surface area contributed by atoms with Crippen LogP contribution in [0.3, 0.4) is 0 Å². The number of rotatable bonds is 2. The van der Waals surface area contributed by atoms with Gasteiger partial charge >= 0.3 is 0 Å². The zero-order valence-electron chi connectivity index (χ0n) is 18.1. The first-order valence-corrected chi connectivity index (χ1v) is 10.8. The number of fused-ring (bicyclic) bond motifs is 6. The summed E-state index contributed by atoms with van der Waals surface area (Å²) in [5.74, 6) is -0.0188. The van der Waals surface area contributed by atoms with E-state index in [2.05, 4.69) is 52.1 Å². The van der Waals surface area contributed by atoms with Crippen molar-refractivity contribution >= 4 is 34.2 Å². The van der Waals surface area contributed by atoms with Crippen LogP contribution in [-0.4, -0.2) is 15.9 Å². The van der Waals surface area contributed by atoms with Crippen LogP contribution in [-0.2, 0) is 15.6 Å². The molecular formula is C25H26ClN3O. The predicted octanol–water partition coefficient (Wildman–Crippen LogP) is 5.87. The van der Waals surface area contributed by atoms with Crippen LogP contribution in [0, 0.1) is 19.3 Å². The Labute approximate surface area is 182 Å². The van der Waals surface area contributed by atoms with E-state index < -0.39 is 5.41 Å². The number of nitrogens with zero attached hydrogens (tertiary/aromatic N) is 2. The molecule has 1 heterocycles. The van der Waals surface area contributed by atoms with Crippen LogP contribution in [0.5, 0.6) is 0 Å². The number of carbonyl (C=O) groups excluding carboxylic acids is 1. The molecule has 3 aromatic rings. The first-order chi connectivity index (χ1) is 14.1. The summed E-state index contributed by atoms with van der Waals surface area (Å²) in [6.07, 6.45) is 1.68. The van der Waals surface area contributed by atoms with E-state index in [0.717, 1.165) is 35.3 Å². The van der Waals surface area contributed by atoms with E-state index in [1.807, 2.05) is 12.1 Å². The summed E-state index contributed by atoms with van der Waals surface area (Å²) in [5, 5.41) is 3.74. The predicted molar refractivity (Wildman–Crippen MR) is 121 cm³/mol. The lowest BCUT2D eigenvalue weighted by molar-refractivity contribution is -0.125. The molecular weight excluding hydrogens is 394 g/mol. The third-order valence-corrected chi connectivity index (χ3v) is 8.36. The van der Waals surface area contributed by atoms with E-state index in [9.17, 15) is 4.79 Å². The third-order valence-electron chi connectivity index (χ3n) is 8.12. The molecule has 2 aromatic carbocycles. The van der Waals surface area contributed by atoms with Crippen molar-refractivity contribution in [1.82, 2.24) is 9.97 Å². The van der Waals surface area contributed by atoms with Crippen molar-refractivity contribution in [2.75, 3.05) is 5.32 Å². The second-order valence-electron chi connectivity index (χ2n) is 9.67. The number of anilines is 1. The summed E-state index contributed by atoms with van der Waals surface area (Å²) >= 11 is 6.14. The van der Waals surface area contributed by atoms with Gasteiger partial charge in [0.05, 0.1) is 27.8 Å². The Kier molecular flexibility index (Phi) is 3.93. The number of aromatic nitrogens is 2. The summed E-state index contributed by atoms with van der Waals surface area (Å²) in [5.41, 5.74) is 5.46. The molecule has 2 aliphatic rings. The zero-order chi connectivity index (χ0) is 21.5. The summed E-state index contributed by atoms with van der Waals surface area (Å²) < 4.78 is 0. The Morgan fingerprint density at radius 2 is 1.60 bits per heavy atom. The maximum absolute atomic E-state index is 13.9. The molecule has 30 heavy (non-hydrogen) atoms. The molecule has 1 amide bonds. The fourth-order valence-corrected chi connectivity index (χ4v) is 5.86. The molecule has 4 nitrogen and oxygen atoms in total. The summed E-state index contributed by atoms with van der Waals surface area (Å²) in [4.78, 5) is 24.0. The first-order valence-electron chi connectivity index (χ1n) is 10.5. The number of amides is 1. The highest BCUT2D eigenvalue weighted by atomic mass is 35.5. The minimum Gasteiger partial charge on any atom is -0.325 e. The summed E-state index contributed by atoms with van der Waals surface area (Å²) in [6, 6.07) is 11.5. The number of hydrogen-bond donors (Lipinski definition) is 1. The minimum atomic E-state index is -0.723. The van der Waals surface area contributed by atoms with Crippen LogP contribution >= 0.6 is 11.6 Å². The van der Waals surface area contributed by atoms with Crippen LogP contribution < -0.4 is 5.32 Å². The maximum atomic E-state index is 13.9. The van der Waals surface area contributed by atoms with Gasteiger partial charge in [-0.25, -0.2) is 9.97 Å². The van der Waals surface area contributed by atoms with Crippen molar-refractivity contribution in [3.8, 4) is 0 Å². The van der Waals surface area contributed by atoms with Gasteiger partial charge in [-0.2, -0.15) is 0 Å². The van der Waals surface area contributed by atoms with E-state index in [4.69, 9.17) is 21.6 Å². The van der Waals surface area contributed by atoms with Crippen molar-refractivity contribution in [3.05, 3.63) is 63.9 Å². The highest BCUT2D eigenvalue weighted by molar-refractivity contribution is 6.30. The molecule has 2 bridgehead atoms. The second kappa shape index (κ2) is 6.04. The Balaban J connectivity index is 1.72. The molecule has 1 saturated carbocycles. The first kappa shape index (κ1) is 19.5. The molecule has 0 radical (unpaired) electrons. The molecule has 5 heteroatoms.